The maximum atomic E-state index is 11.2. The average molecular weight is 346 g/mol. The van der Waals surface area contributed by atoms with Crippen LogP contribution in [-0.4, -0.2) is 52.4 Å². The molecule has 1 fully saturated rings. The molecule has 1 aliphatic rings. The van der Waals surface area contributed by atoms with E-state index in [0.717, 1.165) is 0 Å². The summed E-state index contributed by atoms with van der Waals surface area (Å²) in [5.74, 6) is -0.637. The van der Waals surface area contributed by atoms with Crippen molar-refractivity contribution < 1.29 is 38.1 Å². The van der Waals surface area contributed by atoms with Gasteiger partial charge in [-0.15, -0.1) is 0 Å². The van der Waals surface area contributed by atoms with Crippen molar-refractivity contribution in [2.45, 2.75) is 24.5 Å². The number of primary amides is 1. The van der Waals surface area contributed by atoms with Crippen molar-refractivity contribution >= 4 is 20.4 Å². The fourth-order valence-electron chi connectivity index (χ4n) is 2.28. The van der Waals surface area contributed by atoms with Gasteiger partial charge in [0.05, 0.1) is 6.61 Å². The fourth-order valence-corrected chi connectivity index (χ4v) is 2.62. The largest absolute Gasteiger partial charge is 0.469 e. The van der Waals surface area contributed by atoms with Crippen LogP contribution in [-0.2, 0) is 13.8 Å². The van der Waals surface area contributed by atoms with Crippen molar-refractivity contribution in [3.8, 4) is 0 Å². The van der Waals surface area contributed by atoms with Gasteiger partial charge in [0.1, 0.15) is 17.8 Å². The molecule has 1 aromatic rings. The van der Waals surface area contributed by atoms with E-state index in [-0.39, 0.29) is 5.56 Å². The average Bonchev–Trinajstić information content (AvgIpc) is 2.80. The molecular formula is C12H17N3O7P+. The number of pyridine rings is 1. The smallest absolute Gasteiger partial charge is 0.388 e. The van der Waals surface area contributed by atoms with Crippen LogP contribution in [0.15, 0.2) is 29.5 Å². The highest BCUT2D eigenvalue weighted by Crippen LogP contribution is 2.38. The van der Waals surface area contributed by atoms with E-state index in [0.29, 0.717) is 0 Å². The summed E-state index contributed by atoms with van der Waals surface area (Å²) in [7, 11) is -4.69. The molecule has 0 aliphatic carbocycles. The zero-order valence-corrected chi connectivity index (χ0v) is 12.8. The van der Waals surface area contributed by atoms with Gasteiger partial charge in [0.25, 0.3) is 12.1 Å². The predicted octanol–water partition coefficient (Wildman–Crippen LogP) is -1.49. The van der Waals surface area contributed by atoms with Crippen LogP contribution in [0, 0.1) is 0 Å². The standard InChI is InChI=1S/C12H16N3O7P/c1-14-9-10(16)8(6-21-23(18,19)20)22-12(9)15-4-2-3-7(5-15)11(13)17/h2-5,8-10,12,16H,1,6H2,(H3-,13,17,18,19,20)/p+1/t8-,9-,10-,12-/m1/s1. The third kappa shape index (κ3) is 4.20. The minimum absolute atomic E-state index is 0.225. The van der Waals surface area contributed by atoms with Gasteiger partial charge < -0.3 is 25.4 Å². The van der Waals surface area contributed by atoms with Gasteiger partial charge in [-0.1, -0.05) is 0 Å². The Hall–Kier alpha value is -1.68. The first kappa shape index (κ1) is 17.7. The molecule has 126 valence electrons. The number of aromatic nitrogens is 1. The number of ether oxygens (including phenoxy) is 1. The normalized spacial score (nSPS) is 27.8. The number of carbonyl (C=O) groups is 1. The monoisotopic (exact) mass is 346 g/mol. The van der Waals surface area contributed by atoms with E-state index < -0.39 is 44.8 Å². The summed E-state index contributed by atoms with van der Waals surface area (Å²) >= 11 is 0. The lowest BCUT2D eigenvalue weighted by atomic mass is 10.1. The van der Waals surface area contributed by atoms with Crippen LogP contribution >= 0.6 is 7.82 Å². The quantitative estimate of drug-likeness (QED) is 0.278. The Morgan fingerprint density at radius 3 is 2.83 bits per heavy atom. The lowest BCUT2D eigenvalue weighted by Gasteiger charge is -2.14. The fraction of sp³-hybridized carbons (Fsp3) is 0.417. The number of hydrogen-bond donors (Lipinski definition) is 4. The van der Waals surface area contributed by atoms with Crippen LogP contribution in [0.1, 0.15) is 16.6 Å². The first-order valence-corrected chi connectivity index (χ1v) is 8.06. The minimum atomic E-state index is -4.69. The van der Waals surface area contributed by atoms with Gasteiger partial charge in [0.15, 0.2) is 18.4 Å². The molecule has 0 aromatic carbocycles. The SMILES string of the molecule is C=N[C@@H]1[C@H](O)[C@@H](COP(=O)(O)O)O[C@H]1[n+]1cccc(C(N)=O)c1. The van der Waals surface area contributed by atoms with Gasteiger partial charge in [-0.3, -0.25) is 14.3 Å². The van der Waals surface area contributed by atoms with Crippen molar-refractivity contribution in [1.82, 2.24) is 0 Å². The Morgan fingerprint density at radius 2 is 2.26 bits per heavy atom. The Labute approximate surface area is 131 Å². The van der Waals surface area contributed by atoms with Gasteiger partial charge in [-0.25, -0.2) is 4.57 Å². The highest BCUT2D eigenvalue weighted by Gasteiger charge is 2.49. The number of aliphatic hydroxyl groups is 1. The van der Waals surface area contributed by atoms with Gasteiger partial charge in [0, 0.05) is 6.07 Å². The molecule has 0 saturated carbocycles. The third-order valence-corrected chi connectivity index (χ3v) is 3.84. The molecular weight excluding hydrogens is 329 g/mol. The number of carbonyl (C=O) groups excluding carboxylic acids is 1. The molecule has 4 atom stereocenters. The van der Waals surface area contributed by atoms with E-state index in [9.17, 15) is 14.5 Å². The lowest BCUT2D eigenvalue weighted by Crippen LogP contribution is -2.45. The Kier molecular flexibility index (Phi) is 5.25. The summed E-state index contributed by atoms with van der Waals surface area (Å²) in [4.78, 5) is 32.5. The van der Waals surface area contributed by atoms with Crippen molar-refractivity contribution in [3.63, 3.8) is 0 Å². The number of amides is 1. The highest BCUT2D eigenvalue weighted by atomic mass is 31.2. The first-order valence-electron chi connectivity index (χ1n) is 6.53. The predicted molar refractivity (Wildman–Crippen MR) is 76.4 cm³/mol. The second kappa shape index (κ2) is 6.83. The van der Waals surface area contributed by atoms with Crippen LogP contribution in [0.3, 0.4) is 0 Å². The van der Waals surface area contributed by atoms with Crippen LogP contribution in [0.5, 0.6) is 0 Å². The maximum Gasteiger partial charge on any atom is 0.469 e. The number of aliphatic hydroxyl groups excluding tert-OH is 1. The van der Waals surface area contributed by atoms with Crippen LogP contribution in [0.4, 0.5) is 0 Å². The van der Waals surface area contributed by atoms with Crippen LogP contribution in [0.25, 0.3) is 0 Å². The van der Waals surface area contributed by atoms with Crippen molar-refractivity contribution in [1.29, 1.82) is 0 Å². The second-order valence-corrected chi connectivity index (χ2v) is 6.16. The second-order valence-electron chi connectivity index (χ2n) is 4.92. The van der Waals surface area contributed by atoms with Gasteiger partial charge in [0.2, 0.25) is 0 Å². The molecule has 1 aliphatic heterocycles. The summed E-state index contributed by atoms with van der Waals surface area (Å²) in [6.07, 6.45) is -0.0352. The lowest BCUT2D eigenvalue weighted by molar-refractivity contribution is -0.760. The van der Waals surface area contributed by atoms with Gasteiger partial charge >= 0.3 is 7.82 Å². The molecule has 0 spiro atoms. The van der Waals surface area contributed by atoms with E-state index in [4.69, 9.17) is 20.3 Å². The van der Waals surface area contributed by atoms with Crippen molar-refractivity contribution in [2.24, 2.45) is 10.7 Å². The molecule has 23 heavy (non-hydrogen) atoms. The van der Waals surface area contributed by atoms with Crippen molar-refractivity contribution in [3.05, 3.63) is 30.1 Å². The van der Waals surface area contributed by atoms with E-state index >= 15 is 0 Å². The molecule has 2 heterocycles. The Bertz CT molecular complexity index is 649. The number of nitrogens with zero attached hydrogens (tertiary/aromatic N) is 2. The summed E-state index contributed by atoms with van der Waals surface area (Å²) < 4.78 is 22.1. The molecule has 1 amide bonds. The van der Waals surface area contributed by atoms with Crippen molar-refractivity contribution in [2.75, 3.05) is 6.61 Å². The third-order valence-electron chi connectivity index (χ3n) is 3.36. The number of rotatable bonds is 6. The maximum absolute atomic E-state index is 11.2. The molecule has 0 unspecified atom stereocenters. The number of aliphatic imine (C=N–C) groups is 1. The van der Waals surface area contributed by atoms with Gasteiger partial charge in [-0.05, 0) is 12.8 Å². The van der Waals surface area contributed by atoms with E-state index in [2.05, 4.69) is 16.2 Å². The Morgan fingerprint density at radius 1 is 1.57 bits per heavy atom. The topological polar surface area (TPSA) is 156 Å². The summed E-state index contributed by atoms with van der Waals surface area (Å²) in [5, 5.41) is 10.2. The Balaban J connectivity index is 2.21. The number of phosphoric acid groups is 1. The van der Waals surface area contributed by atoms with E-state index in [1.165, 1.54) is 16.8 Å². The summed E-state index contributed by atoms with van der Waals surface area (Å²) in [6.45, 7) is 2.86. The molecule has 5 N–H and O–H groups in total. The molecule has 1 aromatic heterocycles. The summed E-state index contributed by atoms with van der Waals surface area (Å²) in [6, 6.07) is 2.26. The zero-order chi connectivity index (χ0) is 17.2. The molecule has 0 radical (unpaired) electrons. The molecule has 1 saturated heterocycles. The number of hydrogen-bond acceptors (Lipinski definition) is 6. The van der Waals surface area contributed by atoms with Crippen LogP contribution < -0.4 is 10.3 Å². The van der Waals surface area contributed by atoms with Crippen LogP contribution in [0.2, 0.25) is 0 Å². The number of nitrogens with two attached hydrogens (primary N) is 1. The minimum Gasteiger partial charge on any atom is -0.388 e. The molecule has 2 rings (SSSR count). The zero-order valence-electron chi connectivity index (χ0n) is 11.9. The molecule has 11 heteroatoms. The molecule has 0 bridgehead atoms. The molecule has 10 nitrogen and oxygen atoms in total. The van der Waals surface area contributed by atoms with Gasteiger partial charge in [-0.2, -0.15) is 4.57 Å². The summed E-state index contributed by atoms with van der Waals surface area (Å²) in [5.41, 5.74) is 5.44. The highest BCUT2D eigenvalue weighted by molar-refractivity contribution is 7.46. The van der Waals surface area contributed by atoms with E-state index in [1.54, 1.807) is 12.3 Å². The number of phosphoric ester groups is 1. The van der Waals surface area contributed by atoms with E-state index in [1.807, 2.05) is 0 Å². The first-order chi connectivity index (χ1) is 10.7.